The summed E-state index contributed by atoms with van der Waals surface area (Å²) in [5, 5.41) is 9.05. The van der Waals surface area contributed by atoms with Crippen molar-refractivity contribution in [1.29, 1.82) is 0 Å². The smallest absolute Gasteiger partial charge is 0.358 e. The second kappa shape index (κ2) is 4.57. The third kappa shape index (κ3) is 2.66. The molecule has 5 nitrogen and oxygen atoms in total. The zero-order valence-corrected chi connectivity index (χ0v) is 10.7. The van der Waals surface area contributed by atoms with Gasteiger partial charge in [-0.15, -0.1) is 0 Å². The molecule has 1 saturated carbocycles. The molecule has 0 aromatic carbocycles. The van der Waals surface area contributed by atoms with Gasteiger partial charge in [0.2, 0.25) is 0 Å². The number of halogens is 2. The average molecular weight is 284 g/mol. The molecule has 1 saturated heterocycles. The number of hydrogen-bond acceptors (Lipinski definition) is 4. The zero-order valence-electron chi connectivity index (χ0n) is 10.7. The van der Waals surface area contributed by atoms with E-state index in [-0.39, 0.29) is 24.5 Å². The highest BCUT2D eigenvalue weighted by atomic mass is 19.3. The Hall–Kier alpha value is -1.92. The maximum Gasteiger partial charge on any atom is 0.358 e. The van der Waals surface area contributed by atoms with E-state index in [9.17, 15) is 13.6 Å². The molecule has 3 rings (SSSR count). The molecule has 1 aliphatic heterocycles. The van der Waals surface area contributed by atoms with Crippen molar-refractivity contribution in [3.05, 3.63) is 18.0 Å². The van der Waals surface area contributed by atoms with E-state index in [0.717, 1.165) is 12.8 Å². The number of anilines is 1. The molecule has 1 N–H and O–H groups in total. The summed E-state index contributed by atoms with van der Waals surface area (Å²) in [5.74, 6) is -3.25. The van der Waals surface area contributed by atoms with Crippen LogP contribution >= 0.6 is 0 Å². The van der Waals surface area contributed by atoms with Crippen LogP contribution in [-0.2, 0) is 0 Å². The molecule has 1 aromatic heterocycles. The molecule has 0 unspecified atom stereocenters. The Morgan fingerprint density at radius 1 is 1.50 bits per heavy atom. The van der Waals surface area contributed by atoms with Gasteiger partial charge < -0.3 is 14.7 Å². The fraction of sp³-hybridized carbons (Fsp3) is 0.538. The number of rotatable bonds is 5. The van der Waals surface area contributed by atoms with Crippen molar-refractivity contribution < 1.29 is 23.4 Å². The van der Waals surface area contributed by atoms with Crippen LogP contribution in [0.3, 0.4) is 0 Å². The molecule has 0 atom stereocenters. The highest BCUT2D eigenvalue weighted by molar-refractivity contribution is 5.89. The van der Waals surface area contributed by atoms with Gasteiger partial charge in [-0.25, -0.2) is 18.6 Å². The number of alkyl halides is 2. The van der Waals surface area contributed by atoms with Gasteiger partial charge in [0.15, 0.2) is 11.4 Å². The molecule has 2 fully saturated rings. The van der Waals surface area contributed by atoms with Gasteiger partial charge in [-0.2, -0.15) is 0 Å². The first-order chi connectivity index (χ1) is 9.44. The van der Waals surface area contributed by atoms with Crippen molar-refractivity contribution in [3.8, 4) is 5.75 Å². The van der Waals surface area contributed by atoms with Crippen LogP contribution in [0.5, 0.6) is 5.75 Å². The maximum absolute atomic E-state index is 12.9. The molecule has 7 heteroatoms. The molecular weight excluding hydrogens is 270 g/mol. The van der Waals surface area contributed by atoms with Crippen molar-refractivity contribution in [2.75, 3.05) is 24.6 Å². The fourth-order valence-corrected chi connectivity index (χ4v) is 2.06. The molecule has 20 heavy (non-hydrogen) atoms. The number of carboxylic acid groups (broad SMARTS) is 1. The summed E-state index contributed by atoms with van der Waals surface area (Å²) in [6, 6.07) is 1.48. The van der Waals surface area contributed by atoms with Gasteiger partial charge in [-0.3, -0.25) is 0 Å². The minimum absolute atomic E-state index is 0.150. The third-order valence-electron chi connectivity index (χ3n) is 3.42. The van der Waals surface area contributed by atoms with Crippen molar-refractivity contribution in [2.45, 2.75) is 18.8 Å². The summed E-state index contributed by atoms with van der Waals surface area (Å²) in [6.07, 6.45) is 3.45. The molecule has 108 valence electrons. The van der Waals surface area contributed by atoms with Gasteiger partial charge in [0.25, 0.3) is 5.92 Å². The predicted octanol–water partition coefficient (Wildman–Crippen LogP) is 2.02. The number of ether oxygens (including phenoxy) is 1. The lowest BCUT2D eigenvalue weighted by molar-refractivity contribution is -0.0263. The number of carboxylic acids is 1. The number of aromatic nitrogens is 1. The maximum atomic E-state index is 12.9. The van der Waals surface area contributed by atoms with E-state index in [2.05, 4.69) is 4.98 Å². The lowest BCUT2D eigenvalue weighted by atomic mass is 10.1. The van der Waals surface area contributed by atoms with Crippen LogP contribution in [0, 0.1) is 5.92 Å². The zero-order chi connectivity index (χ0) is 14.3. The minimum atomic E-state index is -2.68. The predicted molar refractivity (Wildman–Crippen MR) is 66.6 cm³/mol. The molecular formula is C13H14F2N2O3. The Morgan fingerprint density at radius 2 is 2.20 bits per heavy atom. The standard InChI is InChI=1S/C13H14F2N2O3/c14-13(15)6-17(7-13)9-3-10(20-5-8-1-2-8)11(12(18)19)16-4-9/h3-4,8H,1-2,5-7H2,(H,18,19). The largest absolute Gasteiger partial charge is 0.491 e. The van der Waals surface area contributed by atoms with Crippen LogP contribution in [0.2, 0.25) is 0 Å². The van der Waals surface area contributed by atoms with Crippen molar-refractivity contribution in [1.82, 2.24) is 4.98 Å². The second-order valence-electron chi connectivity index (χ2n) is 5.31. The van der Waals surface area contributed by atoms with Gasteiger partial charge in [-0.05, 0) is 18.8 Å². The van der Waals surface area contributed by atoms with E-state index in [0.29, 0.717) is 18.2 Å². The number of nitrogens with zero attached hydrogens (tertiary/aromatic N) is 2. The minimum Gasteiger partial charge on any atom is -0.491 e. The monoisotopic (exact) mass is 284 g/mol. The third-order valence-corrected chi connectivity index (χ3v) is 3.42. The lowest BCUT2D eigenvalue weighted by Crippen LogP contribution is -2.56. The number of pyridine rings is 1. The van der Waals surface area contributed by atoms with Gasteiger partial charge in [0.1, 0.15) is 0 Å². The van der Waals surface area contributed by atoms with Crippen LogP contribution in [0.1, 0.15) is 23.3 Å². The van der Waals surface area contributed by atoms with E-state index in [1.807, 2.05) is 0 Å². The summed E-state index contributed by atoms with van der Waals surface area (Å²) >= 11 is 0. The van der Waals surface area contributed by atoms with Gasteiger partial charge in [-0.1, -0.05) is 0 Å². The number of aromatic carboxylic acids is 1. The quantitative estimate of drug-likeness (QED) is 0.896. The van der Waals surface area contributed by atoms with E-state index in [4.69, 9.17) is 9.84 Å². The van der Waals surface area contributed by atoms with Crippen LogP contribution in [0.25, 0.3) is 0 Å². The molecule has 0 bridgehead atoms. The molecule has 0 spiro atoms. The summed E-state index contributed by atoms with van der Waals surface area (Å²) in [5.41, 5.74) is 0.286. The molecule has 2 aliphatic rings. The fourth-order valence-electron chi connectivity index (χ4n) is 2.06. The Labute approximate surface area is 114 Å². The summed E-state index contributed by atoms with van der Waals surface area (Å²) in [7, 11) is 0. The van der Waals surface area contributed by atoms with Gasteiger partial charge in [0, 0.05) is 6.07 Å². The van der Waals surface area contributed by atoms with E-state index >= 15 is 0 Å². The number of carbonyl (C=O) groups is 1. The lowest BCUT2D eigenvalue weighted by Gasteiger charge is -2.40. The summed E-state index contributed by atoms with van der Waals surface area (Å²) < 4.78 is 31.2. The first kappa shape index (κ1) is 13.1. The molecule has 1 aromatic rings. The van der Waals surface area contributed by atoms with Crippen molar-refractivity contribution in [3.63, 3.8) is 0 Å². The SMILES string of the molecule is O=C(O)c1ncc(N2CC(F)(F)C2)cc1OCC1CC1. The van der Waals surface area contributed by atoms with E-state index in [1.165, 1.54) is 17.2 Å². The summed E-state index contributed by atoms with van der Waals surface area (Å²) in [4.78, 5) is 16.3. The van der Waals surface area contributed by atoms with Crippen LogP contribution in [0.15, 0.2) is 12.3 Å². The Bertz CT molecular complexity index is 538. The topological polar surface area (TPSA) is 62.7 Å². The van der Waals surface area contributed by atoms with Crippen LogP contribution in [-0.4, -0.2) is 41.7 Å². The second-order valence-corrected chi connectivity index (χ2v) is 5.31. The summed E-state index contributed by atoms with van der Waals surface area (Å²) in [6.45, 7) is -0.298. The van der Waals surface area contributed by atoms with Gasteiger partial charge in [0.05, 0.1) is 31.6 Å². The van der Waals surface area contributed by atoms with E-state index in [1.54, 1.807) is 0 Å². The number of hydrogen-bond donors (Lipinski definition) is 1. The Kier molecular flexibility index (Phi) is 2.99. The Balaban J connectivity index is 1.78. The molecule has 2 heterocycles. The van der Waals surface area contributed by atoms with Crippen molar-refractivity contribution >= 4 is 11.7 Å². The molecule has 0 amide bonds. The van der Waals surface area contributed by atoms with Crippen LogP contribution < -0.4 is 9.64 Å². The van der Waals surface area contributed by atoms with Gasteiger partial charge >= 0.3 is 5.97 Å². The first-order valence-electron chi connectivity index (χ1n) is 6.43. The van der Waals surface area contributed by atoms with Crippen molar-refractivity contribution in [2.24, 2.45) is 5.92 Å². The molecule has 0 radical (unpaired) electrons. The Morgan fingerprint density at radius 3 is 2.75 bits per heavy atom. The first-order valence-corrected chi connectivity index (χ1v) is 6.43. The van der Waals surface area contributed by atoms with Crippen LogP contribution in [0.4, 0.5) is 14.5 Å². The molecule has 1 aliphatic carbocycles. The average Bonchev–Trinajstić information content (AvgIpc) is 3.16. The highest BCUT2D eigenvalue weighted by Gasteiger charge is 2.44. The van der Waals surface area contributed by atoms with E-state index < -0.39 is 11.9 Å². The normalized spacial score (nSPS) is 20.4. The highest BCUT2D eigenvalue weighted by Crippen LogP contribution is 2.35.